The van der Waals surface area contributed by atoms with Crippen LogP contribution in [-0.2, 0) is 4.79 Å². The Morgan fingerprint density at radius 2 is 1.86 bits per heavy atom. The van der Waals surface area contributed by atoms with Crippen molar-refractivity contribution in [3.8, 4) is 0 Å². The standard InChI is InChI=1S/C21H26N4O3S/c1-14-5-3-6-17(15(14)2)23-21(28)24-19(26)13-25-10-8-16(9-11-25)22-20(27)18-7-4-12-29-18/h3-7,12,16H,8-11,13H2,1-2H3,(H,22,27)(H2,23,24,26,28). The molecule has 2 aromatic rings. The zero-order chi connectivity index (χ0) is 20.8. The molecule has 3 rings (SSSR count). The third-order valence-corrected chi connectivity index (χ3v) is 6.01. The number of carbonyl (C=O) groups is 3. The Kier molecular flexibility index (Phi) is 7.00. The van der Waals surface area contributed by atoms with E-state index in [4.69, 9.17) is 0 Å². The molecule has 0 spiro atoms. The van der Waals surface area contributed by atoms with Crippen LogP contribution in [-0.4, -0.2) is 48.4 Å². The second kappa shape index (κ2) is 9.67. The molecule has 1 aliphatic rings. The number of imide groups is 1. The minimum Gasteiger partial charge on any atom is -0.349 e. The van der Waals surface area contributed by atoms with E-state index in [0.717, 1.165) is 24.0 Å². The van der Waals surface area contributed by atoms with Crippen molar-refractivity contribution in [1.82, 2.24) is 15.5 Å². The van der Waals surface area contributed by atoms with Crippen molar-refractivity contribution in [2.24, 2.45) is 0 Å². The summed E-state index contributed by atoms with van der Waals surface area (Å²) in [7, 11) is 0. The zero-order valence-corrected chi connectivity index (χ0v) is 17.5. The number of amides is 4. The molecule has 1 aromatic carbocycles. The molecule has 8 heteroatoms. The van der Waals surface area contributed by atoms with E-state index in [1.165, 1.54) is 11.3 Å². The van der Waals surface area contributed by atoms with E-state index >= 15 is 0 Å². The molecular weight excluding hydrogens is 388 g/mol. The number of likely N-dealkylation sites (tertiary alicyclic amines) is 1. The number of hydrogen-bond acceptors (Lipinski definition) is 5. The van der Waals surface area contributed by atoms with Crippen LogP contribution in [0.3, 0.4) is 0 Å². The number of urea groups is 1. The van der Waals surface area contributed by atoms with Crippen LogP contribution in [0.4, 0.5) is 10.5 Å². The van der Waals surface area contributed by atoms with Crippen molar-refractivity contribution in [2.75, 3.05) is 25.0 Å². The first-order chi connectivity index (χ1) is 13.9. The van der Waals surface area contributed by atoms with E-state index in [1.807, 2.05) is 54.5 Å². The Bertz CT molecular complexity index is 874. The highest BCUT2D eigenvalue weighted by molar-refractivity contribution is 7.12. The first-order valence-electron chi connectivity index (χ1n) is 9.66. The van der Waals surface area contributed by atoms with Gasteiger partial charge in [-0.05, 0) is 55.3 Å². The molecule has 7 nitrogen and oxygen atoms in total. The van der Waals surface area contributed by atoms with Gasteiger partial charge in [-0.1, -0.05) is 18.2 Å². The Labute approximate surface area is 174 Å². The Balaban J connectivity index is 1.39. The van der Waals surface area contributed by atoms with Crippen molar-refractivity contribution in [3.05, 3.63) is 51.7 Å². The number of carbonyl (C=O) groups excluding carboxylic acids is 3. The number of piperidine rings is 1. The SMILES string of the molecule is Cc1cccc(NC(=O)NC(=O)CN2CCC(NC(=O)c3cccs3)CC2)c1C. The molecule has 4 amide bonds. The van der Waals surface area contributed by atoms with Gasteiger partial charge in [0.25, 0.3) is 5.91 Å². The zero-order valence-electron chi connectivity index (χ0n) is 16.7. The number of thiophene rings is 1. The lowest BCUT2D eigenvalue weighted by atomic mass is 10.0. The second-order valence-electron chi connectivity index (χ2n) is 7.25. The van der Waals surface area contributed by atoms with Crippen LogP contribution in [0.5, 0.6) is 0 Å². The van der Waals surface area contributed by atoms with Crippen LogP contribution in [0, 0.1) is 13.8 Å². The van der Waals surface area contributed by atoms with Crippen LogP contribution >= 0.6 is 11.3 Å². The highest BCUT2D eigenvalue weighted by atomic mass is 32.1. The topological polar surface area (TPSA) is 90.5 Å². The lowest BCUT2D eigenvalue weighted by Gasteiger charge is -2.31. The molecule has 154 valence electrons. The van der Waals surface area contributed by atoms with Crippen molar-refractivity contribution >= 4 is 34.9 Å². The summed E-state index contributed by atoms with van der Waals surface area (Å²) in [5.74, 6) is -0.381. The third-order valence-electron chi connectivity index (χ3n) is 5.14. The van der Waals surface area contributed by atoms with Crippen molar-refractivity contribution < 1.29 is 14.4 Å². The molecule has 0 bridgehead atoms. The van der Waals surface area contributed by atoms with Gasteiger partial charge in [0.15, 0.2) is 0 Å². The molecule has 1 aromatic heterocycles. The fourth-order valence-corrected chi connectivity index (χ4v) is 3.94. The van der Waals surface area contributed by atoms with E-state index in [1.54, 1.807) is 0 Å². The second-order valence-corrected chi connectivity index (χ2v) is 8.20. The number of nitrogens with zero attached hydrogens (tertiary/aromatic N) is 1. The minimum atomic E-state index is -0.526. The van der Waals surface area contributed by atoms with Gasteiger partial charge in [-0.3, -0.25) is 19.8 Å². The predicted octanol–water partition coefficient (Wildman–Crippen LogP) is 2.91. The van der Waals surface area contributed by atoms with Gasteiger partial charge in [0.05, 0.1) is 11.4 Å². The minimum absolute atomic E-state index is 0.0423. The maximum absolute atomic E-state index is 12.2. The van der Waals surface area contributed by atoms with Crippen molar-refractivity contribution in [1.29, 1.82) is 0 Å². The maximum Gasteiger partial charge on any atom is 0.325 e. The molecular formula is C21H26N4O3S. The van der Waals surface area contributed by atoms with Crippen molar-refractivity contribution in [3.63, 3.8) is 0 Å². The lowest BCUT2D eigenvalue weighted by Crippen LogP contribution is -2.48. The van der Waals surface area contributed by atoms with Gasteiger partial charge >= 0.3 is 6.03 Å². The number of nitrogens with one attached hydrogen (secondary N) is 3. The van der Waals surface area contributed by atoms with E-state index < -0.39 is 6.03 Å². The van der Waals surface area contributed by atoms with Gasteiger partial charge in [0.1, 0.15) is 0 Å². The molecule has 1 fully saturated rings. The van der Waals surface area contributed by atoms with Crippen molar-refractivity contribution in [2.45, 2.75) is 32.7 Å². The molecule has 29 heavy (non-hydrogen) atoms. The van der Waals surface area contributed by atoms with Crippen LogP contribution in [0.2, 0.25) is 0 Å². The fraction of sp³-hybridized carbons (Fsp3) is 0.381. The van der Waals surface area contributed by atoms with E-state index in [0.29, 0.717) is 23.7 Å². The van der Waals surface area contributed by atoms with Gasteiger partial charge in [-0.15, -0.1) is 11.3 Å². The van der Waals surface area contributed by atoms with Crippen LogP contribution < -0.4 is 16.0 Å². The van der Waals surface area contributed by atoms with Crippen LogP contribution in [0.1, 0.15) is 33.6 Å². The Morgan fingerprint density at radius 1 is 1.10 bits per heavy atom. The van der Waals surface area contributed by atoms with Crippen LogP contribution in [0.15, 0.2) is 35.7 Å². The average Bonchev–Trinajstić information content (AvgIpc) is 3.22. The summed E-state index contributed by atoms with van der Waals surface area (Å²) < 4.78 is 0. The number of rotatable bonds is 5. The summed E-state index contributed by atoms with van der Waals surface area (Å²) in [5.41, 5.74) is 2.74. The molecule has 3 N–H and O–H groups in total. The molecule has 0 unspecified atom stereocenters. The highest BCUT2D eigenvalue weighted by Gasteiger charge is 2.23. The Hall–Kier alpha value is -2.71. The summed E-state index contributed by atoms with van der Waals surface area (Å²) in [6.07, 6.45) is 1.55. The fourth-order valence-electron chi connectivity index (χ4n) is 3.31. The number of aryl methyl sites for hydroxylation is 1. The van der Waals surface area contributed by atoms with Gasteiger partial charge in [-0.2, -0.15) is 0 Å². The summed E-state index contributed by atoms with van der Waals surface area (Å²) in [5, 5.41) is 10.0. The summed E-state index contributed by atoms with van der Waals surface area (Å²) in [4.78, 5) is 39.1. The van der Waals surface area contributed by atoms with E-state index in [2.05, 4.69) is 16.0 Å². The smallest absolute Gasteiger partial charge is 0.325 e. The normalized spacial score (nSPS) is 15.0. The molecule has 0 radical (unpaired) electrons. The predicted molar refractivity (Wildman–Crippen MR) is 114 cm³/mol. The van der Waals surface area contributed by atoms with Gasteiger partial charge in [-0.25, -0.2) is 4.79 Å². The van der Waals surface area contributed by atoms with Gasteiger partial charge in [0, 0.05) is 24.8 Å². The third kappa shape index (κ3) is 5.88. The first-order valence-corrected chi connectivity index (χ1v) is 10.5. The molecule has 0 saturated carbocycles. The monoisotopic (exact) mass is 414 g/mol. The molecule has 1 aliphatic heterocycles. The first kappa shape index (κ1) is 21.0. The summed E-state index contributed by atoms with van der Waals surface area (Å²) in [6.45, 7) is 5.44. The Morgan fingerprint density at radius 3 is 2.55 bits per heavy atom. The molecule has 0 atom stereocenters. The lowest BCUT2D eigenvalue weighted by molar-refractivity contribution is -0.121. The number of anilines is 1. The number of hydrogen-bond donors (Lipinski definition) is 3. The molecule has 0 aliphatic carbocycles. The molecule has 1 saturated heterocycles. The quantitative estimate of drug-likeness (QED) is 0.702. The largest absolute Gasteiger partial charge is 0.349 e. The number of benzene rings is 1. The molecule has 2 heterocycles. The van der Waals surface area contributed by atoms with Crippen LogP contribution in [0.25, 0.3) is 0 Å². The summed E-state index contributed by atoms with van der Waals surface area (Å²) >= 11 is 1.42. The van der Waals surface area contributed by atoms with E-state index in [-0.39, 0.29) is 24.4 Å². The highest BCUT2D eigenvalue weighted by Crippen LogP contribution is 2.17. The van der Waals surface area contributed by atoms with Gasteiger partial charge < -0.3 is 10.6 Å². The average molecular weight is 415 g/mol. The van der Waals surface area contributed by atoms with E-state index in [9.17, 15) is 14.4 Å². The van der Waals surface area contributed by atoms with Gasteiger partial charge in [0.2, 0.25) is 5.91 Å². The maximum atomic E-state index is 12.2. The summed E-state index contributed by atoms with van der Waals surface area (Å²) in [6, 6.07) is 8.89.